The summed E-state index contributed by atoms with van der Waals surface area (Å²) >= 11 is 1.48. The Hall–Kier alpha value is -1.81. The molecule has 0 aliphatic carbocycles. The van der Waals surface area contributed by atoms with E-state index in [9.17, 15) is 19.2 Å². The van der Waals surface area contributed by atoms with Crippen LogP contribution in [0.4, 0.5) is 0 Å². The fourth-order valence-electron chi connectivity index (χ4n) is 2.63. The van der Waals surface area contributed by atoms with Gasteiger partial charge in [0.2, 0.25) is 17.7 Å². The maximum Gasteiger partial charge on any atom is 0.326 e. The number of rotatable bonds is 14. The van der Waals surface area contributed by atoms with Crippen LogP contribution in [0.5, 0.6) is 0 Å². The number of nitrogens with one attached hydrogen (secondary N) is 3. The molecule has 0 heterocycles. The number of carboxylic acid groups (broad SMARTS) is 1. The van der Waals surface area contributed by atoms with E-state index in [4.69, 9.17) is 10.8 Å². The quantitative estimate of drug-likeness (QED) is 0.265. The highest BCUT2D eigenvalue weighted by Gasteiger charge is 2.26. The molecule has 10 heteroatoms. The average Bonchev–Trinajstić information content (AvgIpc) is 2.61. The first-order valence-electron chi connectivity index (χ1n) is 9.82. The van der Waals surface area contributed by atoms with E-state index in [-0.39, 0.29) is 24.8 Å². The van der Waals surface area contributed by atoms with Crippen LogP contribution in [0, 0.1) is 11.8 Å². The Morgan fingerprint density at radius 2 is 1.52 bits per heavy atom. The van der Waals surface area contributed by atoms with Crippen molar-refractivity contribution in [3.8, 4) is 0 Å². The number of carbonyl (C=O) groups excluding carboxylic acids is 3. The van der Waals surface area contributed by atoms with Crippen molar-refractivity contribution >= 4 is 35.5 Å². The molecule has 3 unspecified atom stereocenters. The van der Waals surface area contributed by atoms with Crippen molar-refractivity contribution in [2.24, 2.45) is 17.6 Å². The van der Waals surface area contributed by atoms with E-state index in [0.29, 0.717) is 18.6 Å². The van der Waals surface area contributed by atoms with E-state index in [1.807, 2.05) is 34.0 Å². The number of hydrogen-bond acceptors (Lipinski definition) is 6. The van der Waals surface area contributed by atoms with E-state index < -0.39 is 41.8 Å². The molecule has 0 bridgehead atoms. The molecule has 3 atom stereocenters. The molecule has 0 aliphatic rings. The van der Waals surface area contributed by atoms with E-state index in [1.165, 1.54) is 11.8 Å². The Morgan fingerprint density at radius 1 is 0.931 bits per heavy atom. The van der Waals surface area contributed by atoms with Gasteiger partial charge in [-0.1, -0.05) is 27.7 Å². The molecule has 3 amide bonds. The topological polar surface area (TPSA) is 151 Å². The fraction of sp³-hybridized carbons (Fsp3) is 0.789. The SMILES string of the molecule is CSCCC(NC(=O)CNC(=O)C(CC(C)C)NC(=O)C(N)CC(C)C)C(=O)O. The van der Waals surface area contributed by atoms with Crippen LogP contribution < -0.4 is 21.7 Å². The first-order chi connectivity index (χ1) is 13.5. The molecule has 0 aromatic heterocycles. The van der Waals surface area contributed by atoms with Crippen molar-refractivity contribution < 1.29 is 24.3 Å². The first kappa shape index (κ1) is 27.2. The summed E-state index contributed by atoms with van der Waals surface area (Å²) in [5.74, 6) is -1.68. The third-order valence-electron chi connectivity index (χ3n) is 4.07. The zero-order valence-electron chi connectivity index (χ0n) is 18.0. The molecule has 6 N–H and O–H groups in total. The smallest absolute Gasteiger partial charge is 0.326 e. The second-order valence-corrected chi connectivity index (χ2v) is 8.87. The third-order valence-corrected chi connectivity index (χ3v) is 4.71. The van der Waals surface area contributed by atoms with Crippen LogP contribution in [0.3, 0.4) is 0 Å². The van der Waals surface area contributed by atoms with E-state index in [0.717, 1.165) is 0 Å². The van der Waals surface area contributed by atoms with Crippen molar-refractivity contribution in [2.45, 2.75) is 65.1 Å². The van der Waals surface area contributed by atoms with Crippen LogP contribution in [-0.2, 0) is 19.2 Å². The second kappa shape index (κ2) is 14.2. The summed E-state index contributed by atoms with van der Waals surface area (Å²) < 4.78 is 0. The number of carbonyl (C=O) groups is 4. The van der Waals surface area contributed by atoms with Crippen molar-refractivity contribution in [2.75, 3.05) is 18.6 Å². The summed E-state index contributed by atoms with van der Waals surface area (Å²) in [7, 11) is 0. The first-order valence-corrected chi connectivity index (χ1v) is 11.2. The highest BCUT2D eigenvalue weighted by molar-refractivity contribution is 7.98. The zero-order valence-corrected chi connectivity index (χ0v) is 18.8. The Bertz CT molecular complexity index is 557. The van der Waals surface area contributed by atoms with Crippen LogP contribution in [0.15, 0.2) is 0 Å². The molecule has 0 saturated carbocycles. The van der Waals surface area contributed by atoms with Crippen molar-refractivity contribution in [1.29, 1.82) is 0 Å². The number of thioether (sulfide) groups is 1. The number of carboxylic acids is 1. The Kier molecular flexibility index (Phi) is 13.3. The number of nitrogens with two attached hydrogens (primary N) is 1. The van der Waals surface area contributed by atoms with Gasteiger partial charge < -0.3 is 26.8 Å². The van der Waals surface area contributed by atoms with E-state index >= 15 is 0 Å². The van der Waals surface area contributed by atoms with Crippen LogP contribution >= 0.6 is 11.8 Å². The fourth-order valence-corrected chi connectivity index (χ4v) is 3.10. The maximum atomic E-state index is 12.5. The summed E-state index contributed by atoms with van der Waals surface area (Å²) in [5, 5.41) is 16.7. The molecule has 0 radical (unpaired) electrons. The van der Waals surface area contributed by atoms with Crippen molar-refractivity contribution in [3.05, 3.63) is 0 Å². The largest absolute Gasteiger partial charge is 0.480 e. The Balaban J connectivity index is 4.78. The monoisotopic (exact) mass is 432 g/mol. The van der Waals surface area contributed by atoms with Crippen LogP contribution in [0.25, 0.3) is 0 Å². The molecular formula is C19H36N4O5S. The van der Waals surface area contributed by atoms with Gasteiger partial charge in [0.25, 0.3) is 0 Å². The maximum absolute atomic E-state index is 12.5. The molecule has 0 spiro atoms. The lowest BCUT2D eigenvalue weighted by Gasteiger charge is -2.23. The number of hydrogen-bond donors (Lipinski definition) is 5. The van der Waals surface area contributed by atoms with Crippen molar-refractivity contribution in [1.82, 2.24) is 16.0 Å². The van der Waals surface area contributed by atoms with E-state index in [2.05, 4.69) is 16.0 Å². The summed E-state index contributed by atoms with van der Waals surface area (Å²) in [4.78, 5) is 48.0. The highest BCUT2D eigenvalue weighted by atomic mass is 32.2. The molecule has 0 fully saturated rings. The standard InChI is InChI=1S/C19H36N4O5S/c1-11(2)8-13(20)17(25)23-15(9-12(3)4)18(26)21-10-16(24)22-14(19(27)28)6-7-29-5/h11-15H,6-10,20H2,1-5H3,(H,21,26)(H,22,24)(H,23,25)(H,27,28). The lowest BCUT2D eigenvalue weighted by Crippen LogP contribution is -2.54. The summed E-state index contributed by atoms with van der Waals surface area (Å²) in [5.41, 5.74) is 5.88. The summed E-state index contributed by atoms with van der Waals surface area (Å²) in [6, 6.07) is -2.54. The minimum absolute atomic E-state index is 0.129. The molecule has 29 heavy (non-hydrogen) atoms. The molecule has 0 aliphatic heterocycles. The van der Waals surface area contributed by atoms with Crippen LogP contribution in [-0.4, -0.2) is 65.5 Å². The normalized spacial score (nSPS) is 14.2. The summed E-state index contributed by atoms with van der Waals surface area (Å²) in [6.45, 7) is 7.36. The predicted octanol–water partition coefficient (Wildman–Crippen LogP) is 0.329. The number of amides is 3. The molecule has 0 rings (SSSR count). The van der Waals surface area contributed by atoms with Gasteiger partial charge in [-0.25, -0.2) is 4.79 Å². The van der Waals surface area contributed by atoms with Gasteiger partial charge >= 0.3 is 5.97 Å². The molecule has 0 aromatic carbocycles. The Labute approximate surface area is 177 Å². The van der Waals surface area contributed by atoms with Gasteiger partial charge in [-0.3, -0.25) is 14.4 Å². The van der Waals surface area contributed by atoms with Gasteiger partial charge in [0.1, 0.15) is 12.1 Å². The van der Waals surface area contributed by atoms with Gasteiger partial charge in [-0.05, 0) is 43.1 Å². The lowest BCUT2D eigenvalue weighted by atomic mass is 10.0. The molecule has 0 saturated heterocycles. The lowest BCUT2D eigenvalue weighted by molar-refractivity contribution is -0.141. The van der Waals surface area contributed by atoms with Gasteiger partial charge in [-0.15, -0.1) is 0 Å². The van der Waals surface area contributed by atoms with Gasteiger partial charge in [0, 0.05) is 0 Å². The zero-order chi connectivity index (χ0) is 22.6. The van der Waals surface area contributed by atoms with Crippen LogP contribution in [0.2, 0.25) is 0 Å². The Morgan fingerprint density at radius 3 is 2.00 bits per heavy atom. The molecular weight excluding hydrogens is 396 g/mol. The van der Waals surface area contributed by atoms with Gasteiger partial charge in [-0.2, -0.15) is 11.8 Å². The van der Waals surface area contributed by atoms with E-state index in [1.54, 1.807) is 0 Å². The number of aliphatic carboxylic acids is 1. The summed E-state index contributed by atoms with van der Waals surface area (Å²) in [6.07, 6.45) is 3.02. The third kappa shape index (κ3) is 12.4. The molecule has 9 nitrogen and oxygen atoms in total. The highest BCUT2D eigenvalue weighted by Crippen LogP contribution is 2.07. The molecule has 168 valence electrons. The van der Waals surface area contributed by atoms with Crippen molar-refractivity contribution in [3.63, 3.8) is 0 Å². The minimum Gasteiger partial charge on any atom is -0.480 e. The van der Waals surface area contributed by atoms with Crippen LogP contribution in [0.1, 0.15) is 47.0 Å². The van der Waals surface area contributed by atoms with Gasteiger partial charge in [0.05, 0.1) is 12.6 Å². The van der Waals surface area contributed by atoms with Gasteiger partial charge in [0.15, 0.2) is 0 Å². The molecule has 0 aromatic rings. The minimum atomic E-state index is -1.12. The average molecular weight is 433 g/mol. The predicted molar refractivity (Wildman–Crippen MR) is 114 cm³/mol. The second-order valence-electron chi connectivity index (χ2n) is 7.88.